The number of nitrogens with two attached hydrogens (primary N) is 1. The van der Waals surface area contributed by atoms with Crippen molar-refractivity contribution in [2.45, 2.75) is 6.54 Å². The van der Waals surface area contributed by atoms with E-state index < -0.39 is 0 Å². The summed E-state index contributed by atoms with van der Waals surface area (Å²) in [5, 5.41) is 5.42. The first-order valence-corrected chi connectivity index (χ1v) is 7.10. The van der Waals surface area contributed by atoms with Crippen LogP contribution < -0.4 is 11.1 Å². The van der Waals surface area contributed by atoms with Crippen molar-refractivity contribution in [2.24, 2.45) is 5.73 Å². The van der Waals surface area contributed by atoms with Gasteiger partial charge in [0.05, 0.1) is 6.54 Å². The number of thiocarbonyl (C=S) groups is 1. The van der Waals surface area contributed by atoms with Crippen molar-refractivity contribution in [2.75, 3.05) is 5.32 Å². The first-order chi connectivity index (χ1) is 8.16. The number of benzene rings is 1. The average molecular weight is 327 g/mol. The van der Waals surface area contributed by atoms with Gasteiger partial charge in [-0.15, -0.1) is 11.3 Å². The molecule has 0 saturated heterocycles. The lowest BCUT2D eigenvalue weighted by Crippen LogP contribution is -2.09. The largest absolute Gasteiger partial charge is 0.389 e. The first-order valence-electron chi connectivity index (χ1n) is 5.02. The van der Waals surface area contributed by atoms with Crippen LogP contribution in [0.4, 0.5) is 5.69 Å². The Labute approximate surface area is 118 Å². The fourth-order valence-electron chi connectivity index (χ4n) is 1.39. The highest BCUT2D eigenvalue weighted by molar-refractivity contribution is 9.10. The maximum atomic E-state index is 5.54. The normalized spacial score (nSPS) is 10.2. The lowest BCUT2D eigenvalue weighted by Gasteiger charge is -2.06. The van der Waals surface area contributed by atoms with Crippen LogP contribution in [0.3, 0.4) is 0 Å². The summed E-state index contributed by atoms with van der Waals surface area (Å²) in [7, 11) is 0. The predicted molar refractivity (Wildman–Crippen MR) is 81.7 cm³/mol. The zero-order valence-electron chi connectivity index (χ0n) is 8.94. The molecule has 0 fully saturated rings. The van der Waals surface area contributed by atoms with E-state index >= 15 is 0 Å². The molecule has 2 rings (SSSR count). The summed E-state index contributed by atoms with van der Waals surface area (Å²) < 4.78 is 1.15. The van der Waals surface area contributed by atoms with E-state index in [9.17, 15) is 0 Å². The van der Waals surface area contributed by atoms with Crippen LogP contribution in [-0.4, -0.2) is 4.99 Å². The summed E-state index contributed by atoms with van der Waals surface area (Å²) in [6, 6.07) is 9.87. The number of thiophene rings is 1. The molecule has 0 saturated carbocycles. The third-order valence-electron chi connectivity index (χ3n) is 2.31. The molecule has 1 aromatic carbocycles. The molecule has 3 N–H and O–H groups in total. The van der Waals surface area contributed by atoms with Gasteiger partial charge >= 0.3 is 0 Å². The van der Waals surface area contributed by atoms with Gasteiger partial charge in [0.2, 0.25) is 0 Å². The standard InChI is InChI=1S/C12H11BrN2S2/c13-10-5-6-17-11(10)7-15-9-3-1-8(2-4-9)12(14)16/h1-6,15H,7H2,(H2,14,16). The molecule has 88 valence electrons. The van der Waals surface area contributed by atoms with Crippen LogP contribution in [0.25, 0.3) is 0 Å². The molecule has 1 aromatic heterocycles. The highest BCUT2D eigenvalue weighted by atomic mass is 79.9. The molecule has 5 heteroatoms. The molecule has 2 nitrogen and oxygen atoms in total. The van der Waals surface area contributed by atoms with Crippen molar-refractivity contribution in [3.63, 3.8) is 0 Å². The minimum atomic E-state index is 0.428. The van der Waals surface area contributed by atoms with Gasteiger partial charge in [-0.1, -0.05) is 12.2 Å². The maximum absolute atomic E-state index is 5.54. The van der Waals surface area contributed by atoms with Crippen LogP contribution in [-0.2, 0) is 6.54 Å². The summed E-state index contributed by atoms with van der Waals surface area (Å²) in [6.07, 6.45) is 0. The second-order valence-corrected chi connectivity index (χ2v) is 5.78. The number of anilines is 1. The predicted octanol–water partition coefficient (Wildman–Crippen LogP) is 3.76. The van der Waals surface area contributed by atoms with Crippen LogP contribution >= 0.6 is 39.5 Å². The minimum absolute atomic E-state index is 0.428. The van der Waals surface area contributed by atoms with Crippen LogP contribution in [0.2, 0.25) is 0 Å². The van der Waals surface area contributed by atoms with Gasteiger partial charge in [-0.25, -0.2) is 0 Å². The lowest BCUT2D eigenvalue weighted by atomic mass is 10.2. The lowest BCUT2D eigenvalue weighted by molar-refractivity contribution is 1.18. The Hall–Kier alpha value is -0.910. The zero-order valence-corrected chi connectivity index (χ0v) is 12.2. The highest BCUT2D eigenvalue weighted by Crippen LogP contribution is 2.23. The number of rotatable bonds is 4. The molecule has 1 heterocycles. The Bertz CT molecular complexity index is 520. The first kappa shape index (κ1) is 12.5. The van der Waals surface area contributed by atoms with Gasteiger partial charge in [0, 0.05) is 20.6 Å². The Kier molecular flexibility index (Phi) is 4.15. The van der Waals surface area contributed by atoms with E-state index in [1.807, 2.05) is 24.3 Å². The summed E-state index contributed by atoms with van der Waals surface area (Å²) in [4.78, 5) is 1.71. The quantitative estimate of drug-likeness (QED) is 0.840. The number of hydrogen-bond acceptors (Lipinski definition) is 3. The van der Waals surface area contributed by atoms with Gasteiger partial charge in [-0.05, 0) is 51.6 Å². The third-order valence-corrected chi connectivity index (χ3v) is 4.48. The maximum Gasteiger partial charge on any atom is 0.103 e. The molecule has 0 aliphatic heterocycles. The number of hydrogen-bond donors (Lipinski definition) is 2. The molecule has 0 bridgehead atoms. The molecular formula is C12H11BrN2S2. The van der Waals surface area contributed by atoms with Crippen LogP contribution in [0.1, 0.15) is 10.4 Å². The van der Waals surface area contributed by atoms with Crippen molar-refractivity contribution in [1.29, 1.82) is 0 Å². The van der Waals surface area contributed by atoms with Gasteiger partial charge in [0.25, 0.3) is 0 Å². The molecule has 0 aliphatic carbocycles. The summed E-state index contributed by atoms with van der Waals surface area (Å²) >= 11 is 10.1. The molecule has 0 radical (unpaired) electrons. The summed E-state index contributed by atoms with van der Waals surface area (Å²) in [5.41, 5.74) is 7.49. The van der Waals surface area contributed by atoms with Crippen LogP contribution in [0, 0.1) is 0 Å². The van der Waals surface area contributed by atoms with Crippen molar-refractivity contribution < 1.29 is 0 Å². The molecular weight excluding hydrogens is 316 g/mol. The van der Waals surface area contributed by atoms with Crippen LogP contribution in [0.15, 0.2) is 40.2 Å². The Morgan fingerprint density at radius 1 is 1.29 bits per heavy atom. The third kappa shape index (κ3) is 3.28. The Balaban J connectivity index is 2.00. The van der Waals surface area contributed by atoms with E-state index in [1.54, 1.807) is 11.3 Å². The number of nitrogens with one attached hydrogen (secondary N) is 1. The van der Waals surface area contributed by atoms with Gasteiger partial charge < -0.3 is 11.1 Å². The smallest absolute Gasteiger partial charge is 0.103 e. The van der Waals surface area contributed by atoms with E-state index in [-0.39, 0.29) is 0 Å². The molecule has 0 amide bonds. The van der Waals surface area contributed by atoms with Gasteiger partial charge in [-0.2, -0.15) is 0 Å². The van der Waals surface area contributed by atoms with Crippen molar-refractivity contribution in [3.05, 3.63) is 50.6 Å². The second-order valence-electron chi connectivity index (χ2n) is 3.49. The summed E-state index contributed by atoms with van der Waals surface area (Å²) in [5.74, 6) is 0. The number of halogens is 1. The molecule has 2 aromatic rings. The molecule has 0 aliphatic rings. The van der Waals surface area contributed by atoms with Gasteiger partial charge in [0.1, 0.15) is 4.99 Å². The van der Waals surface area contributed by atoms with Crippen LogP contribution in [0.5, 0.6) is 0 Å². The van der Waals surface area contributed by atoms with E-state index in [0.717, 1.165) is 22.3 Å². The van der Waals surface area contributed by atoms with E-state index in [0.29, 0.717) is 4.99 Å². The van der Waals surface area contributed by atoms with Crippen molar-refractivity contribution >= 4 is 50.2 Å². The van der Waals surface area contributed by atoms with E-state index in [2.05, 4.69) is 32.7 Å². The van der Waals surface area contributed by atoms with Crippen molar-refractivity contribution in [3.8, 4) is 0 Å². The topological polar surface area (TPSA) is 38.0 Å². The molecule has 17 heavy (non-hydrogen) atoms. The average Bonchev–Trinajstić information content (AvgIpc) is 2.73. The second kappa shape index (κ2) is 5.62. The SMILES string of the molecule is NC(=S)c1ccc(NCc2sccc2Br)cc1. The molecule has 0 atom stereocenters. The van der Waals surface area contributed by atoms with Gasteiger partial charge in [0.15, 0.2) is 0 Å². The van der Waals surface area contributed by atoms with Gasteiger partial charge in [-0.3, -0.25) is 0 Å². The fourth-order valence-corrected chi connectivity index (χ4v) is 2.95. The fraction of sp³-hybridized carbons (Fsp3) is 0.0833. The monoisotopic (exact) mass is 326 g/mol. The Morgan fingerprint density at radius 3 is 2.53 bits per heavy atom. The minimum Gasteiger partial charge on any atom is -0.389 e. The molecule has 0 unspecified atom stereocenters. The highest BCUT2D eigenvalue weighted by Gasteiger charge is 2.01. The Morgan fingerprint density at radius 2 is 2.00 bits per heavy atom. The summed E-state index contributed by atoms with van der Waals surface area (Å²) in [6.45, 7) is 0.810. The van der Waals surface area contributed by atoms with E-state index in [4.69, 9.17) is 18.0 Å². The molecule has 0 spiro atoms. The zero-order chi connectivity index (χ0) is 12.3. The van der Waals surface area contributed by atoms with E-state index in [1.165, 1.54) is 4.88 Å². The van der Waals surface area contributed by atoms with Crippen molar-refractivity contribution in [1.82, 2.24) is 0 Å².